The lowest BCUT2D eigenvalue weighted by molar-refractivity contribution is 0.102. The van der Waals surface area contributed by atoms with E-state index in [1.165, 1.54) is 12.4 Å². The van der Waals surface area contributed by atoms with Crippen molar-refractivity contribution >= 4 is 17.4 Å². The molecule has 0 saturated heterocycles. The third-order valence-corrected chi connectivity index (χ3v) is 2.91. The molecule has 0 saturated carbocycles. The van der Waals surface area contributed by atoms with E-state index in [1.807, 2.05) is 0 Å². The van der Waals surface area contributed by atoms with Gasteiger partial charge in [-0.05, 0) is 12.1 Å². The van der Waals surface area contributed by atoms with E-state index in [2.05, 4.69) is 15.3 Å². The Bertz CT molecular complexity index is 658. The van der Waals surface area contributed by atoms with Gasteiger partial charge in [-0.1, -0.05) is 0 Å². The number of aromatic nitrogens is 2. The van der Waals surface area contributed by atoms with E-state index in [4.69, 9.17) is 15.2 Å². The molecule has 3 rings (SSSR count). The highest BCUT2D eigenvalue weighted by molar-refractivity contribution is 6.02. The van der Waals surface area contributed by atoms with Crippen molar-refractivity contribution in [2.24, 2.45) is 0 Å². The normalized spacial score (nSPS) is 13.3. The monoisotopic (exact) mass is 286 g/mol. The van der Waals surface area contributed by atoms with E-state index in [1.54, 1.807) is 18.2 Å². The minimum atomic E-state index is -0.364. The van der Waals surface area contributed by atoms with Crippen molar-refractivity contribution in [1.82, 2.24) is 9.97 Å². The Labute approximate surface area is 121 Å². The number of hydrogen-bond donors (Lipinski definition) is 2. The quantitative estimate of drug-likeness (QED) is 0.867. The van der Waals surface area contributed by atoms with Crippen molar-refractivity contribution in [2.45, 2.75) is 6.42 Å². The number of nitrogens with zero attached hydrogens (tertiary/aromatic N) is 2. The van der Waals surface area contributed by atoms with Crippen LogP contribution in [-0.2, 0) is 0 Å². The first kappa shape index (κ1) is 13.2. The van der Waals surface area contributed by atoms with Crippen LogP contribution in [-0.4, -0.2) is 29.1 Å². The molecule has 7 nitrogen and oxygen atoms in total. The number of fused-ring (bicyclic) bond motifs is 1. The standard InChI is InChI=1S/C14H14N4O3/c15-13-8-16-10(7-17-13)14(19)18-9-2-3-11-12(6-9)21-5-1-4-20-11/h2-3,6-8H,1,4-5H2,(H2,15,17)(H,18,19). The maximum atomic E-state index is 12.0. The van der Waals surface area contributed by atoms with Gasteiger partial charge in [0, 0.05) is 18.2 Å². The second-order valence-electron chi connectivity index (χ2n) is 4.49. The van der Waals surface area contributed by atoms with E-state index in [0.717, 1.165) is 6.42 Å². The van der Waals surface area contributed by atoms with Crippen molar-refractivity contribution in [2.75, 3.05) is 24.3 Å². The summed E-state index contributed by atoms with van der Waals surface area (Å²) in [6.07, 6.45) is 3.49. The molecule has 1 amide bonds. The fourth-order valence-corrected chi connectivity index (χ4v) is 1.89. The van der Waals surface area contributed by atoms with Gasteiger partial charge in [-0.2, -0.15) is 0 Å². The zero-order chi connectivity index (χ0) is 14.7. The number of rotatable bonds is 2. The lowest BCUT2D eigenvalue weighted by atomic mass is 10.2. The molecular weight excluding hydrogens is 272 g/mol. The Kier molecular flexibility index (Phi) is 3.55. The summed E-state index contributed by atoms with van der Waals surface area (Å²) in [4.78, 5) is 19.8. The SMILES string of the molecule is Nc1cnc(C(=O)Nc2ccc3c(c2)OCCCO3)cn1. The summed E-state index contributed by atoms with van der Waals surface area (Å²) in [5.41, 5.74) is 6.23. The smallest absolute Gasteiger partial charge is 0.275 e. The average molecular weight is 286 g/mol. The first-order chi connectivity index (χ1) is 10.2. The third kappa shape index (κ3) is 3.02. The van der Waals surface area contributed by atoms with Crippen LogP contribution < -0.4 is 20.5 Å². The first-order valence-corrected chi connectivity index (χ1v) is 6.51. The number of carbonyl (C=O) groups excluding carboxylic acids is 1. The molecule has 21 heavy (non-hydrogen) atoms. The molecule has 1 aromatic carbocycles. The molecule has 1 aromatic heterocycles. The second kappa shape index (κ2) is 5.66. The molecule has 7 heteroatoms. The van der Waals surface area contributed by atoms with Gasteiger partial charge in [0.05, 0.1) is 25.6 Å². The van der Waals surface area contributed by atoms with Gasteiger partial charge in [0.15, 0.2) is 11.5 Å². The van der Waals surface area contributed by atoms with E-state index in [0.29, 0.717) is 30.4 Å². The molecule has 0 aliphatic carbocycles. The van der Waals surface area contributed by atoms with Crippen LogP contribution in [0.1, 0.15) is 16.9 Å². The minimum Gasteiger partial charge on any atom is -0.490 e. The van der Waals surface area contributed by atoms with E-state index in [-0.39, 0.29) is 17.4 Å². The Hall–Kier alpha value is -2.83. The lowest BCUT2D eigenvalue weighted by Gasteiger charge is -2.10. The van der Waals surface area contributed by atoms with Gasteiger partial charge >= 0.3 is 0 Å². The van der Waals surface area contributed by atoms with Gasteiger partial charge in [-0.25, -0.2) is 9.97 Å². The molecule has 2 aromatic rings. The highest BCUT2D eigenvalue weighted by Crippen LogP contribution is 2.32. The number of anilines is 2. The summed E-state index contributed by atoms with van der Waals surface area (Å²) in [5.74, 6) is 1.20. The number of benzene rings is 1. The summed E-state index contributed by atoms with van der Waals surface area (Å²) in [5, 5.41) is 2.73. The van der Waals surface area contributed by atoms with Crippen molar-refractivity contribution in [3.8, 4) is 11.5 Å². The minimum absolute atomic E-state index is 0.191. The fourth-order valence-electron chi connectivity index (χ4n) is 1.89. The maximum Gasteiger partial charge on any atom is 0.275 e. The van der Waals surface area contributed by atoms with Gasteiger partial charge < -0.3 is 20.5 Å². The number of hydrogen-bond acceptors (Lipinski definition) is 6. The molecule has 0 unspecified atom stereocenters. The van der Waals surface area contributed by atoms with E-state index < -0.39 is 0 Å². The first-order valence-electron chi connectivity index (χ1n) is 6.51. The predicted octanol–water partition coefficient (Wildman–Crippen LogP) is 1.47. The van der Waals surface area contributed by atoms with Gasteiger partial charge in [0.2, 0.25) is 0 Å². The number of amides is 1. The van der Waals surface area contributed by atoms with Crippen LogP contribution >= 0.6 is 0 Å². The van der Waals surface area contributed by atoms with Crippen LogP contribution in [0.4, 0.5) is 11.5 Å². The number of ether oxygens (including phenoxy) is 2. The fraction of sp³-hybridized carbons (Fsp3) is 0.214. The molecule has 0 fully saturated rings. The molecule has 1 aliphatic heterocycles. The molecule has 1 aliphatic rings. The summed E-state index contributed by atoms with van der Waals surface area (Å²) >= 11 is 0. The Morgan fingerprint density at radius 2 is 1.95 bits per heavy atom. The van der Waals surface area contributed by atoms with Crippen LogP contribution in [0, 0.1) is 0 Å². The largest absolute Gasteiger partial charge is 0.490 e. The zero-order valence-electron chi connectivity index (χ0n) is 11.2. The molecule has 3 N–H and O–H groups in total. The Morgan fingerprint density at radius 1 is 1.14 bits per heavy atom. The number of nitrogens with one attached hydrogen (secondary N) is 1. The molecule has 0 atom stereocenters. The predicted molar refractivity (Wildman–Crippen MR) is 76.4 cm³/mol. The number of carbonyl (C=O) groups is 1. The van der Waals surface area contributed by atoms with Gasteiger partial charge in [0.25, 0.3) is 5.91 Å². The number of nitrogen functional groups attached to an aromatic ring is 1. The van der Waals surface area contributed by atoms with Crippen LogP contribution in [0.5, 0.6) is 11.5 Å². The Balaban J connectivity index is 1.77. The molecular formula is C14H14N4O3. The average Bonchev–Trinajstić information content (AvgIpc) is 2.72. The van der Waals surface area contributed by atoms with Crippen LogP contribution in [0.2, 0.25) is 0 Å². The second-order valence-corrected chi connectivity index (χ2v) is 4.49. The molecule has 0 spiro atoms. The highest BCUT2D eigenvalue weighted by atomic mass is 16.5. The van der Waals surface area contributed by atoms with Crippen LogP contribution in [0.15, 0.2) is 30.6 Å². The van der Waals surface area contributed by atoms with Crippen molar-refractivity contribution in [3.63, 3.8) is 0 Å². The van der Waals surface area contributed by atoms with Gasteiger partial charge in [-0.3, -0.25) is 4.79 Å². The van der Waals surface area contributed by atoms with Crippen molar-refractivity contribution in [3.05, 3.63) is 36.3 Å². The van der Waals surface area contributed by atoms with Gasteiger partial charge in [-0.15, -0.1) is 0 Å². The molecule has 0 radical (unpaired) electrons. The van der Waals surface area contributed by atoms with Crippen LogP contribution in [0.25, 0.3) is 0 Å². The topological polar surface area (TPSA) is 99.4 Å². The third-order valence-electron chi connectivity index (χ3n) is 2.91. The van der Waals surface area contributed by atoms with E-state index >= 15 is 0 Å². The van der Waals surface area contributed by atoms with Crippen LogP contribution in [0.3, 0.4) is 0 Å². The van der Waals surface area contributed by atoms with Crippen molar-refractivity contribution < 1.29 is 14.3 Å². The summed E-state index contributed by atoms with van der Waals surface area (Å²) in [7, 11) is 0. The summed E-state index contributed by atoms with van der Waals surface area (Å²) < 4.78 is 11.1. The molecule has 2 heterocycles. The molecule has 0 bridgehead atoms. The lowest BCUT2D eigenvalue weighted by Crippen LogP contribution is -2.14. The molecule has 108 valence electrons. The zero-order valence-corrected chi connectivity index (χ0v) is 11.2. The summed E-state index contributed by atoms with van der Waals surface area (Å²) in [6.45, 7) is 1.22. The van der Waals surface area contributed by atoms with Crippen molar-refractivity contribution in [1.29, 1.82) is 0 Å². The highest BCUT2D eigenvalue weighted by Gasteiger charge is 2.13. The maximum absolute atomic E-state index is 12.0. The van der Waals surface area contributed by atoms with E-state index in [9.17, 15) is 4.79 Å². The summed E-state index contributed by atoms with van der Waals surface area (Å²) in [6, 6.07) is 5.24. The number of nitrogens with two attached hydrogens (primary N) is 1. The van der Waals surface area contributed by atoms with Gasteiger partial charge in [0.1, 0.15) is 11.5 Å². The Morgan fingerprint density at radius 3 is 2.71 bits per heavy atom.